The van der Waals surface area contributed by atoms with Crippen LogP contribution in [0, 0.1) is 6.92 Å². The van der Waals surface area contributed by atoms with Crippen LogP contribution in [0.3, 0.4) is 0 Å². The maximum absolute atomic E-state index is 3.57. The lowest BCUT2D eigenvalue weighted by molar-refractivity contribution is 0.466. The van der Waals surface area contributed by atoms with E-state index in [1.165, 1.54) is 11.1 Å². The molecule has 0 saturated carbocycles. The summed E-state index contributed by atoms with van der Waals surface area (Å²) in [5.41, 5.74) is 2.72. The van der Waals surface area contributed by atoms with Crippen molar-refractivity contribution in [1.29, 1.82) is 0 Å². The van der Waals surface area contributed by atoms with E-state index in [9.17, 15) is 0 Å². The smallest absolute Gasteiger partial charge is 0.0319 e. The third-order valence-electron chi connectivity index (χ3n) is 2.42. The van der Waals surface area contributed by atoms with E-state index in [0.717, 1.165) is 6.42 Å². The molecule has 1 aromatic rings. The van der Waals surface area contributed by atoms with Gasteiger partial charge in [0.05, 0.1) is 0 Å². The first-order chi connectivity index (χ1) is 6.63. The standard InChI is InChI=1S/C13H21N/c1-5-13(14-10(2)3)12-8-6-11(4)7-9-12/h6-10,13-14H,5H2,1-4H3/t13-/m1/s1. The largest absolute Gasteiger partial charge is 0.308 e. The predicted molar refractivity (Wildman–Crippen MR) is 62.5 cm³/mol. The molecular formula is C13H21N. The maximum atomic E-state index is 3.57. The van der Waals surface area contributed by atoms with Crippen molar-refractivity contribution in [2.24, 2.45) is 0 Å². The number of hydrogen-bond acceptors (Lipinski definition) is 1. The Morgan fingerprint density at radius 2 is 1.71 bits per heavy atom. The summed E-state index contributed by atoms with van der Waals surface area (Å²) in [6, 6.07) is 9.84. The van der Waals surface area contributed by atoms with E-state index in [0.29, 0.717) is 12.1 Å². The summed E-state index contributed by atoms with van der Waals surface area (Å²) in [5, 5.41) is 3.57. The van der Waals surface area contributed by atoms with Crippen LogP contribution in [-0.2, 0) is 0 Å². The summed E-state index contributed by atoms with van der Waals surface area (Å²) in [6.45, 7) is 8.73. The van der Waals surface area contributed by atoms with Crippen LogP contribution in [0.15, 0.2) is 24.3 Å². The lowest BCUT2D eigenvalue weighted by Crippen LogP contribution is -2.27. The zero-order valence-corrected chi connectivity index (χ0v) is 9.67. The Morgan fingerprint density at radius 1 is 1.14 bits per heavy atom. The van der Waals surface area contributed by atoms with Crippen LogP contribution < -0.4 is 5.32 Å². The second kappa shape index (κ2) is 5.16. The minimum Gasteiger partial charge on any atom is -0.308 e. The highest BCUT2D eigenvalue weighted by molar-refractivity contribution is 5.24. The summed E-state index contributed by atoms with van der Waals surface area (Å²) in [7, 11) is 0. The van der Waals surface area contributed by atoms with E-state index in [-0.39, 0.29) is 0 Å². The van der Waals surface area contributed by atoms with Crippen molar-refractivity contribution >= 4 is 0 Å². The van der Waals surface area contributed by atoms with Gasteiger partial charge in [0.15, 0.2) is 0 Å². The topological polar surface area (TPSA) is 12.0 Å². The Kier molecular flexibility index (Phi) is 4.15. The molecule has 0 spiro atoms. The molecular weight excluding hydrogens is 170 g/mol. The molecule has 1 rings (SSSR count). The molecule has 0 fully saturated rings. The lowest BCUT2D eigenvalue weighted by Gasteiger charge is -2.20. The highest BCUT2D eigenvalue weighted by Gasteiger charge is 2.08. The summed E-state index contributed by atoms with van der Waals surface area (Å²) < 4.78 is 0. The molecule has 14 heavy (non-hydrogen) atoms. The molecule has 0 unspecified atom stereocenters. The minimum atomic E-state index is 0.496. The van der Waals surface area contributed by atoms with Gasteiger partial charge in [-0.15, -0.1) is 0 Å². The van der Waals surface area contributed by atoms with Gasteiger partial charge in [-0.1, -0.05) is 50.6 Å². The van der Waals surface area contributed by atoms with Gasteiger partial charge in [0.25, 0.3) is 0 Å². The van der Waals surface area contributed by atoms with Gasteiger partial charge in [0.1, 0.15) is 0 Å². The van der Waals surface area contributed by atoms with Gasteiger partial charge >= 0.3 is 0 Å². The number of aryl methyl sites for hydroxylation is 1. The van der Waals surface area contributed by atoms with E-state index >= 15 is 0 Å². The first-order valence-electron chi connectivity index (χ1n) is 5.46. The quantitative estimate of drug-likeness (QED) is 0.768. The maximum Gasteiger partial charge on any atom is 0.0319 e. The highest BCUT2D eigenvalue weighted by Crippen LogP contribution is 2.17. The van der Waals surface area contributed by atoms with Crippen molar-refractivity contribution in [2.75, 3.05) is 0 Å². The molecule has 0 radical (unpaired) electrons. The second-order valence-corrected chi connectivity index (χ2v) is 4.19. The van der Waals surface area contributed by atoms with Gasteiger partial charge in [0.2, 0.25) is 0 Å². The molecule has 0 aliphatic carbocycles. The van der Waals surface area contributed by atoms with Gasteiger partial charge in [-0.2, -0.15) is 0 Å². The molecule has 1 atom stereocenters. The van der Waals surface area contributed by atoms with Gasteiger partial charge in [-0.05, 0) is 18.9 Å². The molecule has 1 aromatic carbocycles. The first kappa shape index (κ1) is 11.3. The summed E-state index contributed by atoms with van der Waals surface area (Å²) >= 11 is 0. The van der Waals surface area contributed by atoms with Crippen LogP contribution in [0.5, 0.6) is 0 Å². The van der Waals surface area contributed by atoms with E-state index in [1.54, 1.807) is 0 Å². The first-order valence-corrected chi connectivity index (χ1v) is 5.46. The fraction of sp³-hybridized carbons (Fsp3) is 0.538. The van der Waals surface area contributed by atoms with Crippen LogP contribution in [0.25, 0.3) is 0 Å². The predicted octanol–water partition coefficient (Wildman–Crippen LogP) is 3.44. The molecule has 0 aromatic heterocycles. The third-order valence-corrected chi connectivity index (χ3v) is 2.42. The van der Waals surface area contributed by atoms with Crippen molar-refractivity contribution < 1.29 is 0 Å². The number of hydrogen-bond donors (Lipinski definition) is 1. The third kappa shape index (κ3) is 3.15. The van der Waals surface area contributed by atoms with Gasteiger partial charge in [-0.25, -0.2) is 0 Å². The summed E-state index contributed by atoms with van der Waals surface area (Å²) in [5.74, 6) is 0. The van der Waals surface area contributed by atoms with E-state index in [1.807, 2.05) is 0 Å². The van der Waals surface area contributed by atoms with Crippen LogP contribution in [0.4, 0.5) is 0 Å². The molecule has 0 bridgehead atoms. The highest BCUT2D eigenvalue weighted by atomic mass is 14.9. The molecule has 1 nitrogen and oxygen atoms in total. The Bertz CT molecular complexity index is 261. The monoisotopic (exact) mass is 191 g/mol. The molecule has 0 amide bonds. The number of nitrogens with one attached hydrogen (secondary N) is 1. The van der Waals surface area contributed by atoms with Gasteiger partial charge in [-0.3, -0.25) is 0 Å². The molecule has 0 heterocycles. The normalized spacial score (nSPS) is 13.2. The number of benzene rings is 1. The van der Waals surface area contributed by atoms with Gasteiger partial charge in [0, 0.05) is 12.1 Å². The van der Waals surface area contributed by atoms with E-state index < -0.39 is 0 Å². The SMILES string of the molecule is CC[C@@H](NC(C)C)c1ccc(C)cc1. The summed E-state index contributed by atoms with van der Waals surface area (Å²) in [4.78, 5) is 0. The molecule has 0 saturated heterocycles. The van der Waals surface area contributed by atoms with E-state index in [2.05, 4.69) is 57.3 Å². The fourth-order valence-electron chi connectivity index (χ4n) is 1.65. The molecule has 0 aliphatic rings. The van der Waals surface area contributed by atoms with Crippen molar-refractivity contribution in [3.63, 3.8) is 0 Å². The molecule has 0 aliphatic heterocycles. The van der Waals surface area contributed by atoms with Crippen molar-refractivity contribution in [1.82, 2.24) is 5.32 Å². The number of rotatable bonds is 4. The molecule has 1 heteroatoms. The zero-order chi connectivity index (χ0) is 10.6. The van der Waals surface area contributed by atoms with Crippen molar-refractivity contribution in [3.05, 3.63) is 35.4 Å². The van der Waals surface area contributed by atoms with Crippen LogP contribution in [0.1, 0.15) is 44.4 Å². The Hall–Kier alpha value is -0.820. The summed E-state index contributed by atoms with van der Waals surface area (Å²) in [6.07, 6.45) is 1.14. The Labute approximate surface area is 87.5 Å². The van der Waals surface area contributed by atoms with Crippen molar-refractivity contribution in [3.8, 4) is 0 Å². The van der Waals surface area contributed by atoms with Gasteiger partial charge < -0.3 is 5.32 Å². The second-order valence-electron chi connectivity index (χ2n) is 4.19. The molecule has 1 N–H and O–H groups in total. The fourth-order valence-corrected chi connectivity index (χ4v) is 1.65. The van der Waals surface area contributed by atoms with Crippen LogP contribution in [0.2, 0.25) is 0 Å². The molecule has 78 valence electrons. The minimum absolute atomic E-state index is 0.496. The van der Waals surface area contributed by atoms with Crippen LogP contribution in [-0.4, -0.2) is 6.04 Å². The van der Waals surface area contributed by atoms with Crippen LogP contribution >= 0.6 is 0 Å². The average Bonchev–Trinajstić information content (AvgIpc) is 2.15. The Balaban J connectivity index is 2.73. The Morgan fingerprint density at radius 3 is 2.14 bits per heavy atom. The van der Waals surface area contributed by atoms with Crippen molar-refractivity contribution in [2.45, 2.75) is 46.2 Å². The van der Waals surface area contributed by atoms with E-state index in [4.69, 9.17) is 0 Å². The zero-order valence-electron chi connectivity index (χ0n) is 9.67. The lowest BCUT2D eigenvalue weighted by atomic mass is 10.0. The average molecular weight is 191 g/mol.